The third-order valence-electron chi connectivity index (χ3n) is 2.57. The van der Waals surface area contributed by atoms with Crippen molar-refractivity contribution in [3.8, 4) is 17.4 Å². The number of halogens is 1. The number of methoxy groups -OCH3 is 1. The Balaban J connectivity index is 2.32. The molecule has 1 aromatic carbocycles. The van der Waals surface area contributed by atoms with E-state index in [0.29, 0.717) is 17.4 Å². The summed E-state index contributed by atoms with van der Waals surface area (Å²) >= 11 is 3.40. The molecule has 0 radical (unpaired) electrons. The molecule has 0 unspecified atom stereocenters. The molecule has 0 aliphatic heterocycles. The highest BCUT2D eigenvalue weighted by molar-refractivity contribution is 9.10. The summed E-state index contributed by atoms with van der Waals surface area (Å²) in [7, 11) is 1.63. The molecule has 3 nitrogen and oxygen atoms in total. The van der Waals surface area contributed by atoms with Gasteiger partial charge in [-0.15, -0.1) is 0 Å². The molecule has 0 saturated heterocycles. The molecule has 2 rings (SSSR count). The Hall–Kier alpha value is -1.55. The van der Waals surface area contributed by atoms with Crippen molar-refractivity contribution >= 4 is 15.9 Å². The first-order valence-corrected chi connectivity index (χ1v) is 6.49. The van der Waals surface area contributed by atoms with Crippen LogP contribution in [0.4, 0.5) is 0 Å². The second-order valence-electron chi connectivity index (χ2n) is 3.73. The van der Waals surface area contributed by atoms with Crippen LogP contribution >= 0.6 is 15.9 Å². The third kappa shape index (κ3) is 2.82. The van der Waals surface area contributed by atoms with E-state index in [9.17, 15) is 0 Å². The molecule has 0 bridgehead atoms. The summed E-state index contributed by atoms with van der Waals surface area (Å²) < 4.78 is 11.9. The summed E-state index contributed by atoms with van der Waals surface area (Å²) in [5, 5.41) is 0. The molecule has 1 heterocycles. The van der Waals surface area contributed by atoms with Crippen LogP contribution in [0.1, 0.15) is 12.5 Å². The predicted molar refractivity (Wildman–Crippen MR) is 74.4 cm³/mol. The highest BCUT2D eigenvalue weighted by atomic mass is 79.9. The number of nitrogens with zero attached hydrogens (tertiary/aromatic N) is 1. The molecule has 0 N–H and O–H groups in total. The van der Waals surface area contributed by atoms with E-state index in [0.717, 1.165) is 10.9 Å². The van der Waals surface area contributed by atoms with E-state index in [2.05, 4.69) is 27.8 Å². The molecule has 0 fully saturated rings. The SMILES string of the molecule is CCc1ccc(Oc2ncccc2Br)c(OC)c1. The molecule has 0 saturated carbocycles. The Morgan fingerprint density at radius 2 is 2.06 bits per heavy atom. The zero-order valence-corrected chi connectivity index (χ0v) is 11.9. The normalized spacial score (nSPS) is 10.2. The van der Waals surface area contributed by atoms with Gasteiger partial charge in [-0.25, -0.2) is 4.98 Å². The number of ether oxygens (including phenoxy) is 2. The number of hydrogen-bond donors (Lipinski definition) is 0. The molecule has 0 amide bonds. The molecule has 0 aliphatic rings. The van der Waals surface area contributed by atoms with Gasteiger partial charge in [0.05, 0.1) is 11.6 Å². The number of aromatic nitrogens is 1. The van der Waals surface area contributed by atoms with E-state index in [-0.39, 0.29) is 0 Å². The van der Waals surface area contributed by atoms with Crippen molar-refractivity contribution in [2.45, 2.75) is 13.3 Å². The van der Waals surface area contributed by atoms with Crippen molar-refractivity contribution in [2.24, 2.45) is 0 Å². The van der Waals surface area contributed by atoms with Gasteiger partial charge in [-0.3, -0.25) is 0 Å². The zero-order chi connectivity index (χ0) is 13.0. The van der Waals surface area contributed by atoms with Crippen LogP contribution in [0.2, 0.25) is 0 Å². The minimum atomic E-state index is 0.528. The van der Waals surface area contributed by atoms with E-state index in [1.807, 2.05) is 30.3 Å². The molecule has 1 aromatic heterocycles. The number of benzene rings is 1. The molecule has 4 heteroatoms. The maximum atomic E-state index is 5.75. The maximum Gasteiger partial charge on any atom is 0.233 e. The molecule has 0 spiro atoms. The smallest absolute Gasteiger partial charge is 0.233 e. The van der Waals surface area contributed by atoms with Crippen LogP contribution in [0.25, 0.3) is 0 Å². The molecular weight excluding hydrogens is 294 g/mol. The quantitative estimate of drug-likeness (QED) is 0.848. The Bertz CT molecular complexity index is 543. The fourth-order valence-electron chi connectivity index (χ4n) is 1.57. The van der Waals surface area contributed by atoms with Crippen LogP contribution in [0.15, 0.2) is 41.0 Å². The van der Waals surface area contributed by atoms with E-state index in [1.54, 1.807) is 13.3 Å². The molecule has 94 valence electrons. The van der Waals surface area contributed by atoms with Gasteiger partial charge in [0.15, 0.2) is 11.5 Å². The number of aryl methyl sites for hydroxylation is 1. The highest BCUT2D eigenvalue weighted by Gasteiger charge is 2.09. The predicted octanol–water partition coefficient (Wildman–Crippen LogP) is 4.21. The topological polar surface area (TPSA) is 31.4 Å². The van der Waals surface area contributed by atoms with Crippen molar-refractivity contribution < 1.29 is 9.47 Å². The van der Waals surface area contributed by atoms with Crippen molar-refractivity contribution in [1.82, 2.24) is 4.98 Å². The molecule has 2 aromatic rings. The number of pyridine rings is 1. The van der Waals surface area contributed by atoms with Gasteiger partial charge in [-0.05, 0) is 52.2 Å². The summed E-state index contributed by atoms with van der Waals surface area (Å²) in [4.78, 5) is 4.17. The van der Waals surface area contributed by atoms with Crippen LogP contribution in [-0.2, 0) is 6.42 Å². The third-order valence-corrected chi connectivity index (χ3v) is 3.17. The van der Waals surface area contributed by atoms with E-state index < -0.39 is 0 Å². The molecule has 0 atom stereocenters. The van der Waals surface area contributed by atoms with E-state index in [4.69, 9.17) is 9.47 Å². The van der Waals surface area contributed by atoms with Gasteiger partial charge in [0.25, 0.3) is 0 Å². The Morgan fingerprint density at radius 1 is 1.22 bits per heavy atom. The van der Waals surface area contributed by atoms with Gasteiger partial charge >= 0.3 is 0 Å². The van der Waals surface area contributed by atoms with Crippen LogP contribution in [0, 0.1) is 0 Å². The standard InChI is InChI=1S/C14H14BrNO2/c1-3-10-6-7-12(13(9-10)17-2)18-14-11(15)5-4-8-16-14/h4-9H,3H2,1-2H3. The van der Waals surface area contributed by atoms with Crippen LogP contribution in [0.3, 0.4) is 0 Å². The summed E-state index contributed by atoms with van der Waals surface area (Å²) in [6.07, 6.45) is 2.65. The van der Waals surface area contributed by atoms with Gasteiger partial charge in [-0.2, -0.15) is 0 Å². The first-order valence-electron chi connectivity index (χ1n) is 5.70. The first kappa shape index (κ1) is 12.9. The van der Waals surface area contributed by atoms with E-state index >= 15 is 0 Å². The summed E-state index contributed by atoms with van der Waals surface area (Å²) in [6, 6.07) is 9.63. The monoisotopic (exact) mass is 307 g/mol. The van der Waals surface area contributed by atoms with Crippen molar-refractivity contribution in [3.05, 3.63) is 46.6 Å². The minimum absolute atomic E-state index is 0.528. The fraction of sp³-hybridized carbons (Fsp3) is 0.214. The lowest BCUT2D eigenvalue weighted by atomic mass is 10.1. The van der Waals surface area contributed by atoms with Crippen LogP contribution in [-0.4, -0.2) is 12.1 Å². The van der Waals surface area contributed by atoms with Gasteiger partial charge in [0, 0.05) is 6.20 Å². The van der Waals surface area contributed by atoms with Gasteiger partial charge in [0.1, 0.15) is 0 Å². The lowest BCUT2D eigenvalue weighted by Crippen LogP contribution is -1.94. The van der Waals surface area contributed by atoms with Gasteiger partial charge in [0.2, 0.25) is 5.88 Å². The fourth-order valence-corrected chi connectivity index (χ4v) is 1.90. The lowest BCUT2D eigenvalue weighted by molar-refractivity contribution is 0.373. The maximum absolute atomic E-state index is 5.75. The van der Waals surface area contributed by atoms with Gasteiger partial charge in [-0.1, -0.05) is 13.0 Å². The van der Waals surface area contributed by atoms with Crippen LogP contribution < -0.4 is 9.47 Å². The summed E-state index contributed by atoms with van der Waals surface area (Å²) in [6.45, 7) is 2.10. The summed E-state index contributed by atoms with van der Waals surface area (Å²) in [5.74, 6) is 1.90. The number of hydrogen-bond acceptors (Lipinski definition) is 3. The first-order chi connectivity index (χ1) is 8.74. The molecule has 0 aliphatic carbocycles. The van der Waals surface area contributed by atoms with Crippen LogP contribution in [0.5, 0.6) is 17.4 Å². The van der Waals surface area contributed by atoms with Crippen molar-refractivity contribution in [3.63, 3.8) is 0 Å². The molecule has 18 heavy (non-hydrogen) atoms. The Morgan fingerprint density at radius 3 is 2.72 bits per heavy atom. The second kappa shape index (κ2) is 5.87. The van der Waals surface area contributed by atoms with Crippen molar-refractivity contribution in [1.29, 1.82) is 0 Å². The Labute approximate surface area is 115 Å². The number of rotatable bonds is 4. The Kier molecular flexibility index (Phi) is 4.20. The minimum Gasteiger partial charge on any atom is -0.493 e. The second-order valence-corrected chi connectivity index (χ2v) is 4.59. The highest BCUT2D eigenvalue weighted by Crippen LogP contribution is 2.34. The molecular formula is C14H14BrNO2. The van der Waals surface area contributed by atoms with E-state index in [1.165, 1.54) is 5.56 Å². The average molecular weight is 308 g/mol. The largest absolute Gasteiger partial charge is 0.493 e. The lowest BCUT2D eigenvalue weighted by Gasteiger charge is -2.11. The average Bonchev–Trinajstić information content (AvgIpc) is 2.41. The zero-order valence-electron chi connectivity index (χ0n) is 10.3. The summed E-state index contributed by atoms with van der Waals surface area (Å²) in [5.41, 5.74) is 1.21. The van der Waals surface area contributed by atoms with Crippen molar-refractivity contribution in [2.75, 3.05) is 7.11 Å². The van der Waals surface area contributed by atoms with Gasteiger partial charge < -0.3 is 9.47 Å².